The first kappa shape index (κ1) is 22.7. The maximum atomic E-state index is 13.5. The molecule has 172 valence electrons. The fraction of sp³-hybridized carbons (Fsp3) is 0.409. The van der Waals surface area contributed by atoms with Crippen LogP contribution >= 0.6 is 0 Å². The molecular weight excluding hydrogens is 437 g/mol. The number of halogens is 1. The van der Waals surface area contributed by atoms with Crippen LogP contribution in [-0.2, 0) is 30.7 Å². The molecule has 2 aliphatic rings. The third-order valence-electron chi connectivity index (χ3n) is 5.46. The second-order valence-electron chi connectivity index (χ2n) is 7.65. The quantitative estimate of drug-likeness (QED) is 0.704. The van der Waals surface area contributed by atoms with Crippen LogP contribution in [0.5, 0.6) is 0 Å². The van der Waals surface area contributed by atoms with Gasteiger partial charge in [-0.25, -0.2) is 12.8 Å². The van der Waals surface area contributed by atoms with Crippen molar-refractivity contribution in [2.45, 2.75) is 11.3 Å². The minimum atomic E-state index is -3.72. The number of carbonyl (C=O) groups excluding carboxylic acids is 1. The number of nitrogens with zero attached hydrogens (tertiary/aromatic N) is 2. The topological polar surface area (TPSA) is 88.2 Å². The number of amides is 1. The number of morpholine rings is 2. The molecule has 0 saturated carbocycles. The summed E-state index contributed by atoms with van der Waals surface area (Å²) in [5.41, 5.74) is 1.66. The number of anilines is 2. The van der Waals surface area contributed by atoms with Gasteiger partial charge in [-0.15, -0.1) is 0 Å². The fourth-order valence-corrected chi connectivity index (χ4v) is 5.25. The van der Waals surface area contributed by atoms with Gasteiger partial charge in [-0.2, -0.15) is 4.31 Å². The lowest BCUT2D eigenvalue weighted by molar-refractivity contribution is -0.115. The molecule has 0 spiro atoms. The van der Waals surface area contributed by atoms with Crippen molar-refractivity contribution in [3.63, 3.8) is 0 Å². The van der Waals surface area contributed by atoms with E-state index in [9.17, 15) is 17.6 Å². The first-order valence-corrected chi connectivity index (χ1v) is 12.0. The lowest BCUT2D eigenvalue weighted by atomic mass is 10.1. The van der Waals surface area contributed by atoms with Crippen molar-refractivity contribution in [3.05, 3.63) is 53.8 Å². The van der Waals surface area contributed by atoms with E-state index in [0.29, 0.717) is 50.8 Å². The smallest absolute Gasteiger partial charge is 0.243 e. The summed E-state index contributed by atoms with van der Waals surface area (Å²) in [6.07, 6.45) is -0.0270. The molecule has 0 radical (unpaired) electrons. The Labute approximate surface area is 187 Å². The highest BCUT2D eigenvalue weighted by atomic mass is 32.2. The van der Waals surface area contributed by atoms with E-state index in [1.807, 2.05) is 4.90 Å². The standard InChI is InChI=1S/C22H26FN3O5S/c23-18-3-1-2-17(14-18)15-22(27)24-20-16-19(32(28,29)26-8-12-31-13-9-26)4-5-21(20)25-6-10-30-11-7-25/h1-5,14,16H,6-13,15H2,(H,24,27). The summed E-state index contributed by atoms with van der Waals surface area (Å²) in [7, 11) is -3.72. The normalized spacial score (nSPS) is 17.8. The largest absolute Gasteiger partial charge is 0.379 e. The monoisotopic (exact) mass is 463 g/mol. The van der Waals surface area contributed by atoms with E-state index in [1.54, 1.807) is 24.3 Å². The second-order valence-corrected chi connectivity index (χ2v) is 9.59. The van der Waals surface area contributed by atoms with Crippen LogP contribution in [0.15, 0.2) is 47.4 Å². The average molecular weight is 464 g/mol. The molecule has 2 fully saturated rings. The Kier molecular flexibility index (Phi) is 7.04. The minimum absolute atomic E-state index is 0.0270. The molecule has 0 aromatic heterocycles. The summed E-state index contributed by atoms with van der Waals surface area (Å²) in [5.74, 6) is -0.770. The molecule has 8 nitrogen and oxygen atoms in total. The number of ether oxygens (including phenoxy) is 2. The lowest BCUT2D eigenvalue weighted by Crippen LogP contribution is -2.40. The van der Waals surface area contributed by atoms with Gasteiger partial charge in [-0.1, -0.05) is 12.1 Å². The molecule has 2 aliphatic heterocycles. The molecule has 10 heteroatoms. The van der Waals surface area contributed by atoms with E-state index >= 15 is 0 Å². The highest BCUT2D eigenvalue weighted by Crippen LogP contribution is 2.31. The van der Waals surface area contributed by atoms with Crippen molar-refractivity contribution in [1.82, 2.24) is 4.31 Å². The molecule has 1 amide bonds. The Morgan fingerprint density at radius 3 is 2.34 bits per heavy atom. The first-order valence-electron chi connectivity index (χ1n) is 10.5. The molecule has 0 unspecified atom stereocenters. The van der Waals surface area contributed by atoms with Crippen molar-refractivity contribution in [2.75, 3.05) is 62.8 Å². The van der Waals surface area contributed by atoms with Crippen molar-refractivity contribution in [2.24, 2.45) is 0 Å². The van der Waals surface area contributed by atoms with Gasteiger partial charge in [0.2, 0.25) is 15.9 Å². The minimum Gasteiger partial charge on any atom is -0.379 e. The number of hydrogen-bond acceptors (Lipinski definition) is 6. The number of carbonyl (C=O) groups is 1. The van der Waals surface area contributed by atoms with Crippen LogP contribution in [0.4, 0.5) is 15.8 Å². The number of nitrogens with one attached hydrogen (secondary N) is 1. The van der Waals surface area contributed by atoms with Crippen LogP contribution in [0.3, 0.4) is 0 Å². The highest BCUT2D eigenvalue weighted by molar-refractivity contribution is 7.89. The molecule has 2 heterocycles. The molecule has 0 atom stereocenters. The SMILES string of the molecule is O=C(Cc1cccc(F)c1)Nc1cc(S(=O)(=O)N2CCOCC2)ccc1N1CCOCC1. The van der Waals surface area contributed by atoms with Gasteiger partial charge in [0.15, 0.2) is 0 Å². The van der Waals surface area contributed by atoms with Crippen LogP contribution in [-0.4, -0.2) is 71.2 Å². The van der Waals surface area contributed by atoms with Gasteiger partial charge in [0.1, 0.15) is 5.82 Å². The van der Waals surface area contributed by atoms with E-state index in [2.05, 4.69) is 5.32 Å². The van der Waals surface area contributed by atoms with E-state index in [1.165, 1.54) is 22.5 Å². The molecule has 1 N–H and O–H groups in total. The van der Waals surface area contributed by atoms with E-state index in [4.69, 9.17) is 9.47 Å². The maximum Gasteiger partial charge on any atom is 0.243 e. The van der Waals surface area contributed by atoms with E-state index in [-0.39, 0.29) is 30.3 Å². The van der Waals surface area contributed by atoms with Crippen molar-refractivity contribution < 1.29 is 27.1 Å². The van der Waals surface area contributed by atoms with Gasteiger partial charge in [0.05, 0.1) is 49.1 Å². The Bertz CT molecular complexity index is 1070. The highest BCUT2D eigenvalue weighted by Gasteiger charge is 2.28. The molecule has 0 aliphatic carbocycles. The average Bonchev–Trinajstić information content (AvgIpc) is 2.80. The number of sulfonamides is 1. The summed E-state index contributed by atoms with van der Waals surface area (Å²) in [5, 5.41) is 2.84. The van der Waals surface area contributed by atoms with Gasteiger partial charge in [0.25, 0.3) is 0 Å². The Balaban J connectivity index is 1.62. The second kappa shape index (κ2) is 9.95. The Morgan fingerprint density at radius 1 is 0.969 bits per heavy atom. The summed E-state index contributed by atoms with van der Waals surface area (Å²) < 4.78 is 51.8. The Morgan fingerprint density at radius 2 is 1.66 bits per heavy atom. The van der Waals surface area contributed by atoms with Crippen molar-refractivity contribution >= 4 is 27.3 Å². The molecule has 2 aromatic rings. The van der Waals surface area contributed by atoms with Gasteiger partial charge < -0.3 is 19.7 Å². The zero-order chi connectivity index (χ0) is 22.6. The molecule has 2 saturated heterocycles. The van der Waals surface area contributed by atoms with Crippen LogP contribution in [0.1, 0.15) is 5.56 Å². The lowest BCUT2D eigenvalue weighted by Gasteiger charge is -2.31. The molecule has 32 heavy (non-hydrogen) atoms. The summed E-state index contributed by atoms with van der Waals surface area (Å²) >= 11 is 0. The molecule has 4 rings (SSSR count). The van der Waals surface area contributed by atoms with Crippen LogP contribution in [0.2, 0.25) is 0 Å². The van der Waals surface area contributed by atoms with Crippen molar-refractivity contribution in [1.29, 1.82) is 0 Å². The van der Waals surface area contributed by atoms with Crippen LogP contribution in [0, 0.1) is 5.82 Å². The third-order valence-corrected chi connectivity index (χ3v) is 7.35. The maximum absolute atomic E-state index is 13.5. The summed E-state index contributed by atoms with van der Waals surface area (Å²) in [6.45, 7) is 3.62. The molecule has 2 aromatic carbocycles. The van der Waals surface area contributed by atoms with E-state index in [0.717, 1.165) is 5.69 Å². The van der Waals surface area contributed by atoms with Crippen LogP contribution < -0.4 is 10.2 Å². The van der Waals surface area contributed by atoms with Gasteiger partial charge in [0, 0.05) is 26.2 Å². The predicted octanol–water partition coefficient (Wildman–Crippen LogP) is 1.86. The first-order chi connectivity index (χ1) is 15.4. The van der Waals surface area contributed by atoms with Crippen molar-refractivity contribution in [3.8, 4) is 0 Å². The van der Waals surface area contributed by atoms with Gasteiger partial charge >= 0.3 is 0 Å². The van der Waals surface area contributed by atoms with E-state index < -0.39 is 15.8 Å². The van der Waals surface area contributed by atoms with Gasteiger partial charge in [-0.3, -0.25) is 4.79 Å². The predicted molar refractivity (Wildman–Crippen MR) is 118 cm³/mol. The molecule has 0 bridgehead atoms. The van der Waals surface area contributed by atoms with Gasteiger partial charge in [-0.05, 0) is 35.9 Å². The number of rotatable bonds is 6. The molecular formula is C22H26FN3O5S. The number of benzene rings is 2. The zero-order valence-corrected chi connectivity index (χ0v) is 18.4. The summed E-state index contributed by atoms with van der Waals surface area (Å²) in [6, 6.07) is 10.6. The number of hydrogen-bond donors (Lipinski definition) is 1. The third kappa shape index (κ3) is 5.26. The fourth-order valence-electron chi connectivity index (χ4n) is 3.82. The van der Waals surface area contributed by atoms with Crippen LogP contribution in [0.25, 0.3) is 0 Å². The zero-order valence-electron chi connectivity index (χ0n) is 17.6. The summed E-state index contributed by atoms with van der Waals surface area (Å²) in [4.78, 5) is 14.9. The Hall–Kier alpha value is -2.53.